The molecule has 0 spiro atoms. The minimum atomic E-state index is -1.71. The highest BCUT2D eigenvalue weighted by molar-refractivity contribution is 5.03. The molecular formula is C16H24N2O10. The number of nitrogens with one attached hydrogen (secondary N) is 1. The van der Waals surface area contributed by atoms with Crippen molar-refractivity contribution >= 4 is 0 Å². The predicted octanol–water partition coefficient (Wildman–Crippen LogP) is -4.30. The van der Waals surface area contributed by atoms with Crippen LogP contribution in [0, 0.1) is 6.92 Å². The first-order valence-corrected chi connectivity index (χ1v) is 8.80. The summed E-state index contributed by atoms with van der Waals surface area (Å²) in [5, 5.41) is 59.9. The molecule has 9 atom stereocenters. The van der Waals surface area contributed by atoms with Crippen LogP contribution >= 0.6 is 0 Å². The van der Waals surface area contributed by atoms with Gasteiger partial charge >= 0.3 is 5.69 Å². The van der Waals surface area contributed by atoms with Crippen LogP contribution in [0.25, 0.3) is 0 Å². The van der Waals surface area contributed by atoms with E-state index in [9.17, 15) is 40.2 Å². The van der Waals surface area contributed by atoms with Crippen LogP contribution in [0.3, 0.4) is 0 Å². The van der Waals surface area contributed by atoms with E-state index in [0.717, 1.165) is 4.57 Å². The number of hydrogen-bond acceptors (Lipinski definition) is 10. The van der Waals surface area contributed by atoms with Gasteiger partial charge < -0.3 is 40.1 Å². The van der Waals surface area contributed by atoms with Crippen LogP contribution in [0.15, 0.2) is 15.8 Å². The van der Waals surface area contributed by atoms with Crippen molar-refractivity contribution in [1.82, 2.24) is 9.55 Å². The molecule has 0 saturated carbocycles. The van der Waals surface area contributed by atoms with E-state index in [2.05, 4.69) is 4.98 Å². The lowest BCUT2D eigenvalue weighted by Crippen LogP contribution is -2.63. The maximum Gasteiger partial charge on any atom is 0.330 e. The van der Waals surface area contributed by atoms with Gasteiger partial charge in [0.2, 0.25) is 0 Å². The molecule has 3 rings (SSSR count). The van der Waals surface area contributed by atoms with Crippen LogP contribution in [0.4, 0.5) is 0 Å². The normalized spacial score (nSPS) is 39.8. The highest BCUT2D eigenvalue weighted by Gasteiger charge is 2.51. The van der Waals surface area contributed by atoms with Crippen LogP contribution in [-0.4, -0.2) is 95.6 Å². The van der Waals surface area contributed by atoms with Gasteiger partial charge in [-0.15, -0.1) is 0 Å². The third-order valence-corrected chi connectivity index (χ3v) is 5.20. The first-order valence-electron chi connectivity index (χ1n) is 8.80. The molecular weight excluding hydrogens is 380 g/mol. The standard InChI is InChI=1S/C16H24N2O10/c1-5-3-18(16(26)17-15(5)25)8-2-6(20)13(28-8)12(24)14-11(23)10(22)9(21)7(4-19)27-14/h3,6-14,19-24H,2,4H2,1H3,(H,17,25,26)/t6-,7+,8+,9+,10-,11-,12?,13-,14-/m0/s1. The van der Waals surface area contributed by atoms with Gasteiger partial charge in [0.05, 0.1) is 12.7 Å². The lowest BCUT2D eigenvalue weighted by Gasteiger charge is -2.43. The fourth-order valence-corrected chi connectivity index (χ4v) is 3.56. The fourth-order valence-electron chi connectivity index (χ4n) is 3.56. The maximum atomic E-state index is 12.0. The lowest BCUT2D eigenvalue weighted by molar-refractivity contribution is -0.262. The third kappa shape index (κ3) is 3.65. The molecule has 2 aliphatic heterocycles. The summed E-state index contributed by atoms with van der Waals surface area (Å²) in [6, 6.07) is 0. The van der Waals surface area contributed by atoms with Crippen molar-refractivity contribution in [1.29, 1.82) is 0 Å². The minimum Gasteiger partial charge on any atom is -0.394 e. The summed E-state index contributed by atoms with van der Waals surface area (Å²) in [6.45, 7) is 0.817. The van der Waals surface area contributed by atoms with Crippen LogP contribution in [0.1, 0.15) is 18.2 Å². The zero-order valence-electron chi connectivity index (χ0n) is 15.0. The largest absolute Gasteiger partial charge is 0.394 e. The smallest absolute Gasteiger partial charge is 0.330 e. The molecule has 2 saturated heterocycles. The molecule has 2 fully saturated rings. The van der Waals surface area contributed by atoms with Gasteiger partial charge in [-0.2, -0.15) is 0 Å². The topological polar surface area (TPSA) is 195 Å². The number of aryl methyl sites for hydroxylation is 1. The van der Waals surface area contributed by atoms with E-state index in [1.165, 1.54) is 13.1 Å². The summed E-state index contributed by atoms with van der Waals surface area (Å²) >= 11 is 0. The number of aromatic amines is 1. The Labute approximate surface area is 158 Å². The van der Waals surface area contributed by atoms with Crippen molar-refractivity contribution in [2.45, 2.75) is 68.4 Å². The molecule has 0 aliphatic carbocycles. The number of hydrogen-bond donors (Lipinski definition) is 7. The Kier molecular flexibility index (Phi) is 6.03. The van der Waals surface area contributed by atoms with E-state index in [4.69, 9.17) is 9.47 Å². The van der Waals surface area contributed by atoms with Crippen molar-refractivity contribution in [3.63, 3.8) is 0 Å². The van der Waals surface area contributed by atoms with Crippen LogP contribution in [0.5, 0.6) is 0 Å². The Morgan fingerprint density at radius 3 is 2.46 bits per heavy atom. The van der Waals surface area contributed by atoms with E-state index >= 15 is 0 Å². The average Bonchev–Trinajstić information content (AvgIpc) is 3.04. The molecule has 0 amide bonds. The number of aromatic nitrogens is 2. The molecule has 7 N–H and O–H groups in total. The minimum absolute atomic E-state index is 0.0927. The SMILES string of the molecule is Cc1cn([C@H]2C[C@H](O)[C@@H](C(O)[C@H]3O[C@H](CO)[C@@H](O)[C@H](O)[C@@H]3O)O2)c(=O)[nH]c1=O. The summed E-state index contributed by atoms with van der Waals surface area (Å²) in [4.78, 5) is 25.6. The number of ether oxygens (including phenoxy) is 2. The van der Waals surface area contributed by atoms with Gasteiger partial charge in [0.1, 0.15) is 49.0 Å². The second-order valence-electron chi connectivity index (χ2n) is 7.12. The van der Waals surface area contributed by atoms with Gasteiger partial charge in [0, 0.05) is 18.2 Å². The number of aliphatic hydroxyl groups excluding tert-OH is 6. The molecule has 0 bridgehead atoms. The molecule has 158 valence electrons. The second kappa shape index (κ2) is 8.00. The molecule has 28 heavy (non-hydrogen) atoms. The summed E-state index contributed by atoms with van der Waals surface area (Å²) in [5.41, 5.74) is -1.07. The number of rotatable bonds is 4. The molecule has 0 aromatic carbocycles. The maximum absolute atomic E-state index is 12.0. The highest BCUT2D eigenvalue weighted by atomic mass is 16.6. The quantitative estimate of drug-likeness (QED) is 0.258. The van der Waals surface area contributed by atoms with Gasteiger partial charge in [0.25, 0.3) is 5.56 Å². The monoisotopic (exact) mass is 404 g/mol. The summed E-state index contributed by atoms with van der Waals surface area (Å²) in [5.74, 6) is 0. The second-order valence-corrected chi connectivity index (χ2v) is 7.12. The van der Waals surface area contributed by atoms with Crippen LogP contribution in [-0.2, 0) is 9.47 Å². The summed E-state index contributed by atoms with van der Waals surface area (Å²) < 4.78 is 11.9. The van der Waals surface area contributed by atoms with Gasteiger partial charge in [-0.05, 0) is 6.92 Å². The van der Waals surface area contributed by atoms with Gasteiger partial charge in [-0.3, -0.25) is 14.3 Å². The number of H-pyrrole nitrogens is 1. The lowest BCUT2D eigenvalue weighted by atomic mass is 9.89. The molecule has 0 radical (unpaired) electrons. The Morgan fingerprint density at radius 1 is 1.14 bits per heavy atom. The van der Waals surface area contributed by atoms with Gasteiger partial charge in [0.15, 0.2) is 0 Å². The van der Waals surface area contributed by atoms with Crippen molar-refractivity contribution in [3.8, 4) is 0 Å². The Bertz CT molecular complexity index is 807. The van der Waals surface area contributed by atoms with Crippen LogP contribution < -0.4 is 11.2 Å². The molecule has 1 aromatic heterocycles. The molecule has 3 heterocycles. The van der Waals surface area contributed by atoms with Crippen molar-refractivity contribution in [2.75, 3.05) is 6.61 Å². The highest BCUT2D eigenvalue weighted by Crippen LogP contribution is 2.33. The molecule has 2 aliphatic rings. The average molecular weight is 404 g/mol. The zero-order valence-corrected chi connectivity index (χ0v) is 15.0. The van der Waals surface area contributed by atoms with Crippen LogP contribution in [0.2, 0.25) is 0 Å². The van der Waals surface area contributed by atoms with Gasteiger partial charge in [-0.25, -0.2) is 4.79 Å². The molecule has 12 heteroatoms. The van der Waals surface area contributed by atoms with E-state index in [0.29, 0.717) is 0 Å². The third-order valence-electron chi connectivity index (χ3n) is 5.20. The number of aliphatic hydroxyl groups is 6. The van der Waals surface area contributed by atoms with E-state index < -0.39 is 72.9 Å². The summed E-state index contributed by atoms with van der Waals surface area (Å²) in [7, 11) is 0. The van der Waals surface area contributed by atoms with Crippen molar-refractivity contribution in [3.05, 3.63) is 32.6 Å². The zero-order chi connectivity index (χ0) is 20.7. The van der Waals surface area contributed by atoms with Crippen molar-refractivity contribution < 1.29 is 40.1 Å². The molecule has 1 aromatic rings. The first-order chi connectivity index (χ1) is 13.1. The van der Waals surface area contributed by atoms with E-state index in [-0.39, 0.29) is 12.0 Å². The fraction of sp³-hybridized carbons (Fsp3) is 0.750. The first kappa shape index (κ1) is 21.1. The molecule has 12 nitrogen and oxygen atoms in total. The van der Waals surface area contributed by atoms with Gasteiger partial charge in [-0.1, -0.05) is 0 Å². The number of nitrogens with zero attached hydrogens (tertiary/aromatic N) is 1. The predicted molar refractivity (Wildman–Crippen MR) is 90.4 cm³/mol. The summed E-state index contributed by atoms with van der Waals surface area (Å²) in [6.07, 6.45) is -11.7. The Hall–Kier alpha value is -1.64. The van der Waals surface area contributed by atoms with E-state index in [1.54, 1.807) is 0 Å². The molecule has 1 unspecified atom stereocenters. The van der Waals surface area contributed by atoms with E-state index in [1.807, 2.05) is 0 Å². The Balaban J connectivity index is 1.80. The van der Waals surface area contributed by atoms with Crippen molar-refractivity contribution in [2.24, 2.45) is 0 Å². The Morgan fingerprint density at radius 2 is 1.82 bits per heavy atom.